The second kappa shape index (κ2) is 8.76. The highest BCUT2D eigenvalue weighted by Gasteiger charge is 2.16. The molecule has 1 aromatic heterocycles. The highest BCUT2D eigenvalue weighted by molar-refractivity contribution is 7.17. The van der Waals surface area contributed by atoms with E-state index in [1.165, 1.54) is 7.11 Å². The fourth-order valence-corrected chi connectivity index (χ4v) is 2.86. The quantitative estimate of drug-likeness (QED) is 0.265. The summed E-state index contributed by atoms with van der Waals surface area (Å²) in [5.74, 6) is -0.621. The van der Waals surface area contributed by atoms with Gasteiger partial charge in [0.15, 0.2) is 5.13 Å². The number of esters is 1. The van der Waals surface area contributed by atoms with E-state index in [9.17, 15) is 9.59 Å². The number of nitrogens with one attached hydrogen (secondary N) is 2. The molecule has 0 spiro atoms. The molecule has 0 atom stereocenters. The Kier molecular flexibility index (Phi) is 6.44. The number of rotatable bonds is 5. The Morgan fingerprint density at radius 2 is 1.81 bits per heavy atom. The first-order valence-electron chi connectivity index (χ1n) is 7.67. The molecule has 0 saturated heterocycles. The fraction of sp³-hybridized carbons (Fsp3) is 0.188. The predicted molar refractivity (Wildman–Crippen MR) is 105 cm³/mol. The van der Waals surface area contributed by atoms with Crippen molar-refractivity contribution in [2.24, 2.45) is 21.7 Å². The number of nitrogens with two attached hydrogens (primary N) is 2. The molecule has 0 aliphatic rings. The molecule has 11 heteroatoms. The molecular weight excluding hydrogens is 370 g/mol. The van der Waals surface area contributed by atoms with Gasteiger partial charge < -0.3 is 21.5 Å². The Morgan fingerprint density at radius 3 is 2.41 bits per heavy atom. The average Bonchev–Trinajstić information content (AvgIpc) is 2.99. The number of thiazole rings is 1. The topological polar surface area (TPSA) is 157 Å². The summed E-state index contributed by atoms with van der Waals surface area (Å²) in [6.45, 7) is 3.42. The minimum absolute atomic E-state index is 0.128. The van der Waals surface area contributed by atoms with Crippen molar-refractivity contribution in [1.82, 2.24) is 4.98 Å². The summed E-state index contributed by atoms with van der Waals surface area (Å²) in [6, 6.07) is 6.45. The van der Waals surface area contributed by atoms with E-state index in [4.69, 9.17) is 11.5 Å². The molecule has 2 amide bonds. The number of aromatic nitrogens is 1. The van der Waals surface area contributed by atoms with Crippen LogP contribution in [0, 0.1) is 6.92 Å². The Bertz CT molecular complexity index is 899. The summed E-state index contributed by atoms with van der Waals surface area (Å²) in [4.78, 5) is 28.2. The third-order valence-electron chi connectivity index (χ3n) is 3.26. The van der Waals surface area contributed by atoms with Crippen molar-refractivity contribution in [2.45, 2.75) is 13.8 Å². The summed E-state index contributed by atoms with van der Waals surface area (Å²) in [5, 5.41) is 13.0. The number of carbonyl (C=O) groups is 2. The molecule has 0 radical (unpaired) electrons. The van der Waals surface area contributed by atoms with E-state index < -0.39 is 12.0 Å². The van der Waals surface area contributed by atoms with Gasteiger partial charge in [0.05, 0.1) is 18.5 Å². The van der Waals surface area contributed by atoms with Gasteiger partial charge in [0.1, 0.15) is 4.88 Å². The number of anilines is 2. The number of nitrogens with zero attached hydrogens (tertiary/aromatic N) is 3. The lowest BCUT2D eigenvalue weighted by Crippen LogP contribution is -2.22. The van der Waals surface area contributed by atoms with Crippen molar-refractivity contribution in [3.05, 3.63) is 40.4 Å². The molecule has 1 aromatic carbocycles. The third kappa shape index (κ3) is 5.51. The van der Waals surface area contributed by atoms with E-state index in [0.717, 1.165) is 16.9 Å². The number of guanidine groups is 1. The first-order valence-corrected chi connectivity index (χ1v) is 8.49. The lowest BCUT2D eigenvalue weighted by molar-refractivity contribution is 0.0605. The molecule has 27 heavy (non-hydrogen) atoms. The molecule has 0 bridgehead atoms. The van der Waals surface area contributed by atoms with Gasteiger partial charge in [-0.3, -0.25) is 5.32 Å². The van der Waals surface area contributed by atoms with Crippen molar-refractivity contribution in [2.75, 3.05) is 17.7 Å². The maximum absolute atomic E-state index is 12.1. The molecule has 0 aliphatic carbocycles. The number of amides is 2. The van der Waals surface area contributed by atoms with Crippen LogP contribution in [0.1, 0.15) is 27.9 Å². The number of hydrogen-bond donors (Lipinski definition) is 4. The lowest BCUT2D eigenvalue weighted by Gasteiger charge is -2.06. The van der Waals surface area contributed by atoms with Crippen LogP contribution >= 0.6 is 11.3 Å². The van der Waals surface area contributed by atoms with E-state index in [1.807, 2.05) is 0 Å². The minimum atomic E-state index is -0.494. The first-order chi connectivity index (χ1) is 12.8. The number of benzene rings is 1. The van der Waals surface area contributed by atoms with Gasteiger partial charge in [-0.05, 0) is 31.5 Å². The zero-order valence-corrected chi connectivity index (χ0v) is 15.8. The Balaban J connectivity index is 2.01. The smallest absolute Gasteiger partial charge is 0.350 e. The maximum Gasteiger partial charge on any atom is 0.350 e. The van der Waals surface area contributed by atoms with Crippen LogP contribution in [-0.4, -0.2) is 35.8 Å². The van der Waals surface area contributed by atoms with Crippen molar-refractivity contribution < 1.29 is 14.3 Å². The Hall–Kier alpha value is -3.47. The largest absolute Gasteiger partial charge is 0.465 e. The molecule has 2 rings (SSSR count). The van der Waals surface area contributed by atoms with Crippen LogP contribution in [0.25, 0.3) is 0 Å². The molecule has 0 fully saturated rings. The zero-order valence-electron chi connectivity index (χ0n) is 14.9. The third-order valence-corrected chi connectivity index (χ3v) is 4.32. The molecule has 0 unspecified atom stereocenters. The molecule has 0 saturated carbocycles. The van der Waals surface area contributed by atoms with Gasteiger partial charge in [-0.15, -0.1) is 5.10 Å². The zero-order chi connectivity index (χ0) is 20.0. The summed E-state index contributed by atoms with van der Waals surface area (Å²) in [6.07, 6.45) is 0. The standard InChI is InChI=1S/C16H19N7O3S/c1-8(22-23-14(17)18)10-4-6-11(7-5-10)20-15(25)21-16-19-9(2)12(27-16)13(24)26-3/h4-7H,1-3H3,(H4,17,18,23)(H2,19,20,21,25)/b22-8+. The van der Waals surface area contributed by atoms with Crippen LogP contribution in [0.4, 0.5) is 15.6 Å². The van der Waals surface area contributed by atoms with Crippen LogP contribution in [0.5, 0.6) is 0 Å². The van der Waals surface area contributed by atoms with Gasteiger partial charge >= 0.3 is 12.0 Å². The summed E-state index contributed by atoms with van der Waals surface area (Å²) in [5.41, 5.74) is 12.9. The van der Waals surface area contributed by atoms with Crippen LogP contribution in [-0.2, 0) is 4.74 Å². The lowest BCUT2D eigenvalue weighted by atomic mass is 10.1. The van der Waals surface area contributed by atoms with E-state index >= 15 is 0 Å². The molecule has 6 N–H and O–H groups in total. The number of ether oxygens (including phenoxy) is 1. The van der Waals surface area contributed by atoms with E-state index in [2.05, 4.69) is 30.6 Å². The number of methoxy groups -OCH3 is 1. The number of urea groups is 1. The average molecular weight is 389 g/mol. The maximum atomic E-state index is 12.1. The number of hydrogen-bond acceptors (Lipinski definition) is 7. The minimum Gasteiger partial charge on any atom is -0.465 e. The van der Waals surface area contributed by atoms with Gasteiger partial charge in [0, 0.05) is 5.69 Å². The van der Waals surface area contributed by atoms with Gasteiger partial charge in [-0.2, -0.15) is 5.10 Å². The van der Waals surface area contributed by atoms with Crippen LogP contribution in [0.2, 0.25) is 0 Å². The number of carbonyl (C=O) groups excluding carboxylic acids is 2. The van der Waals surface area contributed by atoms with Crippen LogP contribution < -0.4 is 22.1 Å². The fourth-order valence-electron chi connectivity index (χ4n) is 1.98. The summed E-state index contributed by atoms with van der Waals surface area (Å²) < 4.78 is 4.66. The molecule has 10 nitrogen and oxygen atoms in total. The van der Waals surface area contributed by atoms with Crippen molar-refractivity contribution in [3.8, 4) is 0 Å². The molecule has 0 aliphatic heterocycles. The SMILES string of the molecule is COC(=O)c1sc(NC(=O)Nc2ccc(/C(C)=N/N=C(N)N)cc2)nc1C. The van der Waals surface area contributed by atoms with Crippen LogP contribution in [0.3, 0.4) is 0 Å². The van der Waals surface area contributed by atoms with E-state index in [-0.39, 0.29) is 5.96 Å². The van der Waals surface area contributed by atoms with Crippen molar-refractivity contribution >= 4 is 45.8 Å². The highest BCUT2D eigenvalue weighted by atomic mass is 32.1. The van der Waals surface area contributed by atoms with Crippen molar-refractivity contribution in [1.29, 1.82) is 0 Å². The Labute approximate surface area is 159 Å². The highest BCUT2D eigenvalue weighted by Crippen LogP contribution is 2.23. The molecule has 142 valence electrons. The van der Waals surface area contributed by atoms with Gasteiger partial charge in [-0.1, -0.05) is 23.5 Å². The predicted octanol–water partition coefficient (Wildman–Crippen LogP) is 1.88. The van der Waals surface area contributed by atoms with Gasteiger partial charge in [0.2, 0.25) is 5.96 Å². The van der Waals surface area contributed by atoms with Crippen molar-refractivity contribution in [3.63, 3.8) is 0 Å². The molecule has 2 aromatic rings. The van der Waals surface area contributed by atoms with E-state index in [1.54, 1.807) is 38.1 Å². The molecule has 1 heterocycles. The second-order valence-corrected chi connectivity index (χ2v) is 6.29. The van der Waals surface area contributed by atoms with E-state index in [0.29, 0.717) is 27.1 Å². The second-order valence-electron chi connectivity index (χ2n) is 5.29. The normalized spacial score (nSPS) is 10.9. The first kappa shape index (κ1) is 19.8. The van der Waals surface area contributed by atoms with Gasteiger partial charge in [-0.25, -0.2) is 14.6 Å². The number of aryl methyl sites for hydroxylation is 1. The summed E-state index contributed by atoms with van der Waals surface area (Å²) >= 11 is 1.04. The molecular formula is C16H19N7O3S. The van der Waals surface area contributed by atoms with Crippen LogP contribution in [0.15, 0.2) is 34.5 Å². The van der Waals surface area contributed by atoms with Gasteiger partial charge in [0.25, 0.3) is 0 Å². The Morgan fingerprint density at radius 1 is 1.15 bits per heavy atom. The summed E-state index contributed by atoms with van der Waals surface area (Å²) in [7, 11) is 1.29. The monoisotopic (exact) mass is 389 g/mol.